The van der Waals surface area contributed by atoms with Crippen LogP contribution in [0.3, 0.4) is 0 Å². The Kier molecular flexibility index (Phi) is 5.36. The molecule has 120 valence electrons. The maximum Gasteiger partial charge on any atom is 0.173 e. The van der Waals surface area contributed by atoms with Gasteiger partial charge in [-0.1, -0.05) is 30.3 Å². The van der Waals surface area contributed by atoms with E-state index in [0.717, 1.165) is 0 Å². The molecule has 2 rings (SSSR count). The summed E-state index contributed by atoms with van der Waals surface area (Å²) in [7, 11) is 0. The van der Waals surface area contributed by atoms with Crippen molar-refractivity contribution in [3.63, 3.8) is 0 Å². The van der Waals surface area contributed by atoms with E-state index in [1.54, 1.807) is 25.1 Å². The quantitative estimate of drug-likeness (QED) is 0.634. The first-order valence-electron chi connectivity index (χ1n) is 7.15. The number of aliphatic hydroxyl groups excluding tert-OH is 2. The van der Waals surface area contributed by atoms with Crippen LogP contribution in [0.1, 0.15) is 44.4 Å². The fourth-order valence-electron chi connectivity index (χ4n) is 2.44. The van der Waals surface area contributed by atoms with Crippen molar-refractivity contribution in [2.75, 3.05) is 6.61 Å². The number of hydrogen-bond acceptors (Lipinski definition) is 4. The first-order chi connectivity index (χ1) is 11.0. The van der Waals surface area contributed by atoms with Crippen LogP contribution >= 0.6 is 0 Å². The van der Waals surface area contributed by atoms with Crippen LogP contribution in [-0.4, -0.2) is 28.4 Å². The number of ketones is 2. The van der Waals surface area contributed by atoms with Crippen molar-refractivity contribution in [2.45, 2.75) is 19.4 Å². The Morgan fingerprint density at radius 1 is 1.04 bits per heavy atom. The molecule has 0 saturated heterocycles. The average Bonchev–Trinajstić information content (AvgIpc) is 2.54. The van der Waals surface area contributed by atoms with Crippen LogP contribution in [-0.2, 0) is 0 Å². The molecule has 0 amide bonds. The largest absolute Gasteiger partial charge is 0.393 e. The summed E-state index contributed by atoms with van der Waals surface area (Å²) in [4.78, 5) is 24.4. The third-order valence-corrected chi connectivity index (χ3v) is 3.70. The first-order valence-corrected chi connectivity index (χ1v) is 7.15. The molecule has 0 saturated carbocycles. The number of carbonyl (C=O) groups excluding carboxylic acids is 2. The minimum atomic E-state index is -1.09. The molecule has 1 atom stereocenters. The van der Waals surface area contributed by atoms with Gasteiger partial charge in [0.1, 0.15) is 11.9 Å². The van der Waals surface area contributed by atoms with Crippen molar-refractivity contribution >= 4 is 11.6 Å². The second-order valence-electron chi connectivity index (χ2n) is 5.22. The van der Waals surface area contributed by atoms with Crippen molar-refractivity contribution < 1.29 is 24.2 Å². The smallest absolute Gasteiger partial charge is 0.173 e. The van der Waals surface area contributed by atoms with E-state index in [2.05, 4.69) is 0 Å². The zero-order chi connectivity index (χ0) is 17.0. The number of benzene rings is 2. The van der Waals surface area contributed by atoms with Crippen LogP contribution in [0.15, 0.2) is 42.5 Å². The zero-order valence-corrected chi connectivity index (χ0v) is 12.6. The lowest BCUT2D eigenvalue weighted by molar-refractivity contribution is 0.0889. The van der Waals surface area contributed by atoms with Crippen LogP contribution in [0.4, 0.5) is 4.39 Å². The van der Waals surface area contributed by atoms with Gasteiger partial charge < -0.3 is 10.2 Å². The molecule has 0 aliphatic rings. The molecule has 0 aliphatic heterocycles. The lowest BCUT2D eigenvalue weighted by Gasteiger charge is -2.14. The maximum absolute atomic E-state index is 13.6. The van der Waals surface area contributed by atoms with E-state index in [4.69, 9.17) is 5.11 Å². The molecule has 0 heterocycles. The van der Waals surface area contributed by atoms with Crippen LogP contribution < -0.4 is 0 Å². The predicted molar refractivity (Wildman–Crippen MR) is 82.9 cm³/mol. The minimum absolute atomic E-state index is 0.120. The van der Waals surface area contributed by atoms with Gasteiger partial charge in [-0.2, -0.15) is 0 Å². The molecule has 0 radical (unpaired) electrons. The highest BCUT2D eigenvalue weighted by atomic mass is 19.1. The summed E-state index contributed by atoms with van der Waals surface area (Å²) in [5.74, 6) is -1.71. The van der Waals surface area contributed by atoms with Crippen LogP contribution in [0.5, 0.6) is 0 Å². The highest BCUT2D eigenvalue weighted by Gasteiger charge is 2.20. The fourth-order valence-corrected chi connectivity index (χ4v) is 2.44. The molecule has 2 aromatic rings. The van der Waals surface area contributed by atoms with Gasteiger partial charge in [0.2, 0.25) is 0 Å². The van der Waals surface area contributed by atoms with Crippen LogP contribution in [0, 0.1) is 12.7 Å². The van der Waals surface area contributed by atoms with Crippen LogP contribution in [0.2, 0.25) is 0 Å². The number of Topliss-reactive ketones (excluding diaryl/α,β-unsaturated/α-hetero) is 2. The van der Waals surface area contributed by atoms with Gasteiger partial charge in [0.15, 0.2) is 11.6 Å². The monoisotopic (exact) mass is 316 g/mol. The molecular formula is C18H17FO4. The summed E-state index contributed by atoms with van der Waals surface area (Å²) in [6, 6.07) is 10.2. The number of carbonyl (C=O) groups is 2. The molecule has 0 unspecified atom stereocenters. The van der Waals surface area contributed by atoms with Crippen molar-refractivity contribution in [1.82, 2.24) is 0 Å². The Hall–Kier alpha value is -2.37. The third-order valence-electron chi connectivity index (χ3n) is 3.70. The number of halogens is 1. The predicted octanol–water partition coefficient (Wildman–Crippen LogP) is 2.62. The Balaban J connectivity index is 2.25. The van der Waals surface area contributed by atoms with Crippen LogP contribution in [0.25, 0.3) is 0 Å². The highest BCUT2D eigenvalue weighted by molar-refractivity contribution is 6.14. The summed E-state index contributed by atoms with van der Waals surface area (Å²) < 4.78 is 13.6. The molecule has 4 nitrogen and oxygen atoms in total. The normalized spacial score (nSPS) is 12.0. The summed E-state index contributed by atoms with van der Waals surface area (Å²) in [5.41, 5.74) is 1.09. The van der Waals surface area contributed by atoms with E-state index in [0.29, 0.717) is 11.1 Å². The van der Waals surface area contributed by atoms with Gasteiger partial charge >= 0.3 is 0 Å². The molecule has 0 aliphatic carbocycles. The first kappa shape index (κ1) is 17.0. The van der Waals surface area contributed by atoms with Gasteiger partial charge in [-0.25, -0.2) is 4.39 Å². The van der Waals surface area contributed by atoms with E-state index in [1.807, 2.05) is 0 Å². The van der Waals surface area contributed by atoms with E-state index in [9.17, 15) is 19.1 Å². The zero-order valence-electron chi connectivity index (χ0n) is 12.6. The van der Waals surface area contributed by atoms with E-state index in [-0.39, 0.29) is 11.1 Å². The Bertz CT molecular complexity index is 740. The Morgan fingerprint density at radius 2 is 1.65 bits per heavy atom. The van der Waals surface area contributed by atoms with E-state index >= 15 is 0 Å². The number of hydrogen-bond donors (Lipinski definition) is 2. The van der Waals surface area contributed by atoms with Gasteiger partial charge in [-0.3, -0.25) is 9.59 Å². The molecule has 23 heavy (non-hydrogen) atoms. The summed E-state index contributed by atoms with van der Waals surface area (Å²) in [6.07, 6.45) is -1.55. The van der Waals surface area contributed by atoms with Crippen molar-refractivity contribution in [2.24, 2.45) is 0 Å². The van der Waals surface area contributed by atoms with E-state index in [1.165, 1.54) is 24.3 Å². The van der Waals surface area contributed by atoms with E-state index < -0.39 is 36.5 Å². The second-order valence-corrected chi connectivity index (χ2v) is 5.22. The van der Waals surface area contributed by atoms with Gasteiger partial charge in [-0.15, -0.1) is 0 Å². The molecule has 0 bridgehead atoms. The maximum atomic E-state index is 13.6. The molecule has 2 aromatic carbocycles. The summed E-state index contributed by atoms with van der Waals surface area (Å²) in [6.45, 7) is 1.17. The Morgan fingerprint density at radius 3 is 2.30 bits per heavy atom. The molecule has 0 aromatic heterocycles. The minimum Gasteiger partial charge on any atom is -0.393 e. The summed E-state index contributed by atoms with van der Waals surface area (Å²) in [5, 5.41) is 18.8. The molecule has 2 N–H and O–H groups in total. The molecule has 0 spiro atoms. The standard InChI is InChI=1S/C18H17FO4/c1-11-12(6-4-7-13(11)18(23)10-20)16(21)9-17(22)14-5-2-3-8-15(14)19/h2-8,18,20,23H,9-10H2,1H3/t18-/m0/s1. The molecular weight excluding hydrogens is 299 g/mol. The topological polar surface area (TPSA) is 74.6 Å². The number of rotatable bonds is 6. The average molecular weight is 316 g/mol. The lowest BCUT2D eigenvalue weighted by atomic mass is 9.93. The second kappa shape index (κ2) is 7.26. The lowest BCUT2D eigenvalue weighted by Crippen LogP contribution is -2.13. The molecule has 0 fully saturated rings. The summed E-state index contributed by atoms with van der Waals surface area (Å²) >= 11 is 0. The number of aliphatic hydroxyl groups is 2. The highest BCUT2D eigenvalue weighted by Crippen LogP contribution is 2.22. The van der Waals surface area contributed by atoms with Crippen molar-refractivity contribution in [1.29, 1.82) is 0 Å². The SMILES string of the molecule is Cc1c(C(=O)CC(=O)c2ccccc2F)cccc1[C@@H](O)CO. The van der Waals surface area contributed by atoms with Gasteiger partial charge in [-0.05, 0) is 30.2 Å². The van der Waals surface area contributed by atoms with Gasteiger partial charge in [0.25, 0.3) is 0 Å². The van der Waals surface area contributed by atoms with Gasteiger partial charge in [0.05, 0.1) is 18.6 Å². The van der Waals surface area contributed by atoms with Crippen molar-refractivity contribution in [3.05, 3.63) is 70.5 Å². The Labute approximate surface area is 133 Å². The fraction of sp³-hybridized carbons (Fsp3) is 0.222. The third kappa shape index (κ3) is 3.70. The molecule has 5 heteroatoms. The van der Waals surface area contributed by atoms with Gasteiger partial charge in [0, 0.05) is 5.56 Å². The van der Waals surface area contributed by atoms with Crippen molar-refractivity contribution in [3.8, 4) is 0 Å².